The minimum Gasteiger partial charge on any atom is -0.452 e. The van der Waals surface area contributed by atoms with E-state index in [4.69, 9.17) is 9.47 Å². The molecule has 4 atom stereocenters. The number of carbonyl (C=O) groups excluding carboxylic acids is 2. The van der Waals surface area contributed by atoms with Crippen LogP contribution in [0.25, 0.3) is 0 Å². The predicted molar refractivity (Wildman–Crippen MR) is 115 cm³/mol. The Morgan fingerprint density at radius 1 is 1.06 bits per heavy atom. The fourth-order valence-corrected chi connectivity index (χ4v) is 5.82. The van der Waals surface area contributed by atoms with Gasteiger partial charge in [-0.25, -0.2) is 13.2 Å². The first-order valence-electron chi connectivity index (χ1n) is 10.9. The maximum absolute atomic E-state index is 12.9. The van der Waals surface area contributed by atoms with Crippen LogP contribution in [0.4, 0.5) is 0 Å². The van der Waals surface area contributed by atoms with Gasteiger partial charge >= 0.3 is 5.97 Å². The van der Waals surface area contributed by atoms with Crippen molar-refractivity contribution in [2.45, 2.75) is 69.6 Å². The van der Waals surface area contributed by atoms with Crippen LogP contribution < -0.4 is 5.32 Å². The van der Waals surface area contributed by atoms with Crippen LogP contribution >= 0.6 is 0 Å². The summed E-state index contributed by atoms with van der Waals surface area (Å²) < 4.78 is 37.9. The number of ether oxygens (including phenoxy) is 2. The average Bonchev–Trinajstić information content (AvgIpc) is 2.73. The summed E-state index contributed by atoms with van der Waals surface area (Å²) in [7, 11) is -3.68. The first-order chi connectivity index (χ1) is 14.7. The average molecular weight is 453 g/mol. The Morgan fingerprint density at radius 3 is 2.29 bits per heavy atom. The van der Waals surface area contributed by atoms with E-state index < -0.39 is 16.0 Å². The lowest BCUT2D eigenvalue weighted by Crippen LogP contribution is -2.48. The van der Waals surface area contributed by atoms with Crippen molar-refractivity contribution >= 4 is 21.9 Å². The molecule has 0 bridgehead atoms. The van der Waals surface area contributed by atoms with Gasteiger partial charge in [0.1, 0.15) is 0 Å². The van der Waals surface area contributed by atoms with Gasteiger partial charge in [-0.3, -0.25) is 4.79 Å². The zero-order chi connectivity index (χ0) is 22.6. The SMILES string of the molecule is CC1CN(S(=O)(=O)c2ccc(C(=O)OCC(=O)NC3CCCCC3C)cc2)CC(C)O1. The van der Waals surface area contributed by atoms with Gasteiger partial charge in [0.25, 0.3) is 5.91 Å². The van der Waals surface area contributed by atoms with Crippen LogP contribution in [0.3, 0.4) is 0 Å². The van der Waals surface area contributed by atoms with E-state index in [0.717, 1.165) is 19.3 Å². The predicted octanol–water partition coefficient (Wildman–Crippen LogP) is 2.34. The largest absolute Gasteiger partial charge is 0.452 e. The molecule has 8 nitrogen and oxygen atoms in total. The van der Waals surface area contributed by atoms with Crippen LogP contribution in [0.1, 0.15) is 56.8 Å². The molecule has 0 spiro atoms. The van der Waals surface area contributed by atoms with Crippen LogP contribution in [0.15, 0.2) is 29.2 Å². The monoisotopic (exact) mass is 452 g/mol. The number of hydrogen-bond acceptors (Lipinski definition) is 6. The van der Waals surface area contributed by atoms with Gasteiger partial charge in [-0.15, -0.1) is 0 Å². The molecule has 4 unspecified atom stereocenters. The van der Waals surface area contributed by atoms with Gasteiger partial charge in [-0.1, -0.05) is 19.8 Å². The van der Waals surface area contributed by atoms with Crippen molar-refractivity contribution in [3.63, 3.8) is 0 Å². The van der Waals surface area contributed by atoms with E-state index in [1.807, 2.05) is 13.8 Å². The number of rotatable bonds is 6. The molecule has 1 amide bonds. The summed E-state index contributed by atoms with van der Waals surface area (Å²) in [5, 5.41) is 2.94. The smallest absolute Gasteiger partial charge is 0.338 e. The summed E-state index contributed by atoms with van der Waals surface area (Å²) in [6.45, 7) is 6.00. The van der Waals surface area contributed by atoms with Gasteiger partial charge < -0.3 is 14.8 Å². The van der Waals surface area contributed by atoms with E-state index in [9.17, 15) is 18.0 Å². The zero-order valence-electron chi connectivity index (χ0n) is 18.4. The summed E-state index contributed by atoms with van der Waals surface area (Å²) in [5.41, 5.74) is 0.196. The minimum atomic E-state index is -3.68. The van der Waals surface area contributed by atoms with Gasteiger partial charge in [0.2, 0.25) is 10.0 Å². The maximum Gasteiger partial charge on any atom is 0.338 e. The van der Waals surface area contributed by atoms with Crippen molar-refractivity contribution in [2.75, 3.05) is 19.7 Å². The van der Waals surface area contributed by atoms with Crippen LogP contribution in [0.5, 0.6) is 0 Å². The highest BCUT2D eigenvalue weighted by atomic mass is 32.2. The van der Waals surface area contributed by atoms with Gasteiger partial charge in [0, 0.05) is 19.1 Å². The van der Waals surface area contributed by atoms with E-state index >= 15 is 0 Å². The van der Waals surface area contributed by atoms with E-state index in [-0.39, 0.29) is 54.3 Å². The van der Waals surface area contributed by atoms with E-state index in [0.29, 0.717) is 5.92 Å². The highest BCUT2D eigenvalue weighted by Crippen LogP contribution is 2.24. The molecule has 1 saturated carbocycles. The second-order valence-electron chi connectivity index (χ2n) is 8.62. The molecule has 9 heteroatoms. The number of nitrogens with one attached hydrogen (secondary N) is 1. The number of nitrogens with zero attached hydrogens (tertiary/aromatic N) is 1. The normalized spacial score (nSPS) is 27.5. The Kier molecular flexibility index (Phi) is 7.72. The topological polar surface area (TPSA) is 102 Å². The Hall–Kier alpha value is -1.97. The second kappa shape index (κ2) is 10.1. The molecule has 3 rings (SSSR count). The van der Waals surface area contributed by atoms with Crippen LogP contribution in [0, 0.1) is 5.92 Å². The number of sulfonamides is 1. The summed E-state index contributed by atoms with van der Waals surface area (Å²) in [5.74, 6) is -0.563. The molecule has 1 heterocycles. The molecule has 0 radical (unpaired) electrons. The highest BCUT2D eigenvalue weighted by molar-refractivity contribution is 7.89. The van der Waals surface area contributed by atoms with E-state index in [1.54, 1.807) is 0 Å². The fraction of sp³-hybridized carbons (Fsp3) is 0.636. The Bertz CT molecular complexity index is 876. The van der Waals surface area contributed by atoms with Crippen molar-refractivity contribution in [3.8, 4) is 0 Å². The molecule has 0 aromatic heterocycles. The van der Waals surface area contributed by atoms with Crippen molar-refractivity contribution < 1.29 is 27.5 Å². The third kappa shape index (κ3) is 6.05. The van der Waals surface area contributed by atoms with Crippen molar-refractivity contribution in [1.29, 1.82) is 0 Å². The minimum absolute atomic E-state index is 0.106. The zero-order valence-corrected chi connectivity index (χ0v) is 19.2. The molecule has 2 aliphatic rings. The highest BCUT2D eigenvalue weighted by Gasteiger charge is 2.32. The Labute approximate surface area is 184 Å². The van der Waals surface area contributed by atoms with E-state index in [2.05, 4.69) is 12.2 Å². The quantitative estimate of drug-likeness (QED) is 0.665. The lowest BCUT2D eigenvalue weighted by Gasteiger charge is -2.34. The number of morpholine rings is 1. The van der Waals surface area contributed by atoms with Gasteiger partial charge in [-0.05, 0) is 56.9 Å². The molecule has 1 aliphatic heterocycles. The molecular weight excluding hydrogens is 420 g/mol. The number of esters is 1. The second-order valence-corrected chi connectivity index (χ2v) is 10.6. The summed E-state index contributed by atoms with van der Waals surface area (Å²) >= 11 is 0. The lowest BCUT2D eigenvalue weighted by atomic mass is 9.86. The maximum atomic E-state index is 12.9. The summed E-state index contributed by atoms with van der Waals surface area (Å²) in [6, 6.07) is 5.71. The first-order valence-corrected chi connectivity index (χ1v) is 12.3. The number of hydrogen-bond donors (Lipinski definition) is 1. The lowest BCUT2D eigenvalue weighted by molar-refractivity contribution is -0.125. The van der Waals surface area contributed by atoms with Crippen LogP contribution in [-0.4, -0.2) is 62.5 Å². The van der Waals surface area contributed by atoms with Gasteiger partial charge in [0.15, 0.2) is 6.61 Å². The number of carbonyl (C=O) groups is 2. The summed E-state index contributed by atoms with van der Waals surface area (Å²) in [6.07, 6.45) is 3.93. The Morgan fingerprint density at radius 2 is 1.68 bits per heavy atom. The molecule has 1 aliphatic carbocycles. The number of amides is 1. The summed E-state index contributed by atoms with van der Waals surface area (Å²) in [4.78, 5) is 24.5. The standard InChI is InChI=1S/C22H32N2O6S/c1-15-6-4-5-7-20(15)23-21(25)14-29-22(26)18-8-10-19(11-9-18)31(27,28)24-12-16(2)30-17(3)13-24/h8-11,15-17,20H,4-7,12-14H2,1-3H3,(H,23,25). The Balaban J connectivity index is 1.55. The number of benzene rings is 1. The molecule has 1 N–H and O–H groups in total. The van der Waals surface area contributed by atoms with Crippen molar-refractivity contribution in [3.05, 3.63) is 29.8 Å². The van der Waals surface area contributed by atoms with Crippen LogP contribution in [-0.2, 0) is 24.3 Å². The fourth-order valence-electron chi connectivity index (χ4n) is 4.23. The molecular formula is C22H32N2O6S. The molecule has 1 saturated heterocycles. The molecule has 172 valence electrons. The van der Waals surface area contributed by atoms with Crippen molar-refractivity contribution in [2.24, 2.45) is 5.92 Å². The molecule has 2 fully saturated rings. The van der Waals surface area contributed by atoms with Crippen LogP contribution in [0.2, 0.25) is 0 Å². The van der Waals surface area contributed by atoms with Crippen molar-refractivity contribution in [1.82, 2.24) is 9.62 Å². The molecule has 1 aromatic carbocycles. The molecule has 31 heavy (non-hydrogen) atoms. The first kappa shape index (κ1) is 23.7. The third-order valence-electron chi connectivity index (χ3n) is 5.91. The van der Waals surface area contributed by atoms with Gasteiger partial charge in [-0.2, -0.15) is 4.31 Å². The van der Waals surface area contributed by atoms with Gasteiger partial charge in [0.05, 0.1) is 22.7 Å². The third-order valence-corrected chi connectivity index (χ3v) is 7.75. The van der Waals surface area contributed by atoms with E-state index in [1.165, 1.54) is 35.0 Å². The molecule has 1 aromatic rings.